The van der Waals surface area contributed by atoms with Gasteiger partial charge in [-0.15, -0.1) is 0 Å². The fourth-order valence-corrected chi connectivity index (χ4v) is 2.22. The van der Waals surface area contributed by atoms with Crippen LogP contribution in [0.5, 0.6) is 0 Å². The molecule has 0 aromatic carbocycles. The molecule has 1 fully saturated rings. The van der Waals surface area contributed by atoms with E-state index in [1.54, 1.807) is 0 Å². The molecule has 1 saturated heterocycles. The highest BCUT2D eigenvalue weighted by Gasteiger charge is 2.17. The number of hydrogen-bond acceptors (Lipinski definition) is 3. The number of aliphatic hydroxyl groups excluding tert-OH is 1. The summed E-state index contributed by atoms with van der Waals surface area (Å²) in [6.45, 7) is 5.93. The summed E-state index contributed by atoms with van der Waals surface area (Å²) in [6, 6.07) is 0. The van der Waals surface area contributed by atoms with Gasteiger partial charge in [-0.1, -0.05) is 6.92 Å². The SMILES string of the molecule is CCCOC(C)CCC(O)CCC1CCCO1. The van der Waals surface area contributed by atoms with E-state index in [1.807, 2.05) is 0 Å². The lowest BCUT2D eigenvalue weighted by Crippen LogP contribution is -2.16. The minimum absolute atomic E-state index is 0.188. The number of aliphatic hydroxyl groups is 1. The smallest absolute Gasteiger partial charge is 0.0577 e. The van der Waals surface area contributed by atoms with E-state index in [1.165, 1.54) is 12.8 Å². The standard InChI is InChI=1S/C14H28O3/c1-3-10-16-12(2)6-7-13(15)8-9-14-5-4-11-17-14/h12-15H,3-11H2,1-2H3. The van der Waals surface area contributed by atoms with Crippen LogP contribution in [0.25, 0.3) is 0 Å². The summed E-state index contributed by atoms with van der Waals surface area (Å²) in [5.74, 6) is 0. The molecule has 0 spiro atoms. The van der Waals surface area contributed by atoms with Gasteiger partial charge < -0.3 is 14.6 Å². The van der Waals surface area contributed by atoms with Crippen LogP contribution in [-0.2, 0) is 9.47 Å². The Labute approximate surface area is 105 Å². The lowest BCUT2D eigenvalue weighted by atomic mass is 10.0. The molecule has 1 heterocycles. The van der Waals surface area contributed by atoms with Crippen LogP contribution in [0, 0.1) is 0 Å². The molecule has 0 aromatic heterocycles. The fourth-order valence-electron chi connectivity index (χ4n) is 2.22. The first-order valence-electron chi connectivity index (χ1n) is 7.13. The lowest BCUT2D eigenvalue weighted by Gasteiger charge is -2.16. The average molecular weight is 244 g/mol. The average Bonchev–Trinajstić information content (AvgIpc) is 2.84. The third-order valence-corrected chi connectivity index (χ3v) is 3.36. The van der Waals surface area contributed by atoms with Crippen LogP contribution in [0.3, 0.4) is 0 Å². The molecule has 17 heavy (non-hydrogen) atoms. The van der Waals surface area contributed by atoms with Crippen LogP contribution < -0.4 is 0 Å². The Morgan fingerprint density at radius 2 is 2.18 bits per heavy atom. The van der Waals surface area contributed by atoms with Gasteiger partial charge in [-0.05, 0) is 51.9 Å². The fraction of sp³-hybridized carbons (Fsp3) is 1.00. The maximum Gasteiger partial charge on any atom is 0.0577 e. The Morgan fingerprint density at radius 1 is 1.35 bits per heavy atom. The summed E-state index contributed by atoms with van der Waals surface area (Å²) in [7, 11) is 0. The minimum Gasteiger partial charge on any atom is -0.393 e. The first-order valence-corrected chi connectivity index (χ1v) is 7.13. The highest BCUT2D eigenvalue weighted by molar-refractivity contribution is 4.68. The molecular weight excluding hydrogens is 216 g/mol. The molecule has 3 nitrogen and oxygen atoms in total. The van der Waals surface area contributed by atoms with Gasteiger partial charge in [0, 0.05) is 13.2 Å². The van der Waals surface area contributed by atoms with Gasteiger partial charge in [0.25, 0.3) is 0 Å². The molecule has 3 heteroatoms. The molecule has 102 valence electrons. The molecular formula is C14H28O3. The van der Waals surface area contributed by atoms with Gasteiger partial charge in [-0.2, -0.15) is 0 Å². The highest BCUT2D eigenvalue weighted by atomic mass is 16.5. The van der Waals surface area contributed by atoms with Crippen LogP contribution >= 0.6 is 0 Å². The van der Waals surface area contributed by atoms with E-state index in [4.69, 9.17) is 9.47 Å². The molecule has 0 aliphatic carbocycles. The summed E-state index contributed by atoms with van der Waals surface area (Å²) in [5, 5.41) is 9.87. The van der Waals surface area contributed by atoms with Crippen molar-refractivity contribution in [3.05, 3.63) is 0 Å². The molecule has 1 N–H and O–H groups in total. The van der Waals surface area contributed by atoms with Gasteiger partial charge in [0.05, 0.1) is 18.3 Å². The largest absolute Gasteiger partial charge is 0.393 e. The van der Waals surface area contributed by atoms with Crippen molar-refractivity contribution in [1.29, 1.82) is 0 Å². The summed E-state index contributed by atoms with van der Waals surface area (Å²) in [4.78, 5) is 0. The van der Waals surface area contributed by atoms with Crippen molar-refractivity contribution < 1.29 is 14.6 Å². The van der Waals surface area contributed by atoms with Crippen LogP contribution in [0.4, 0.5) is 0 Å². The van der Waals surface area contributed by atoms with Crippen molar-refractivity contribution in [3.63, 3.8) is 0 Å². The number of rotatable bonds is 9. The Bertz CT molecular complexity index is 178. The normalized spacial score (nSPS) is 23.8. The molecule has 0 radical (unpaired) electrons. The topological polar surface area (TPSA) is 38.7 Å². The van der Waals surface area contributed by atoms with E-state index in [0.29, 0.717) is 6.10 Å². The van der Waals surface area contributed by atoms with E-state index in [2.05, 4.69) is 13.8 Å². The predicted octanol–water partition coefficient (Wildman–Crippen LogP) is 2.90. The van der Waals surface area contributed by atoms with Gasteiger partial charge in [0.2, 0.25) is 0 Å². The van der Waals surface area contributed by atoms with E-state index >= 15 is 0 Å². The molecule has 3 atom stereocenters. The van der Waals surface area contributed by atoms with Crippen LogP contribution in [0.15, 0.2) is 0 Å². The van der Waals surface area contributed by atoms with Gasteiger partial charge in [0.15, 0.2) is 0 Å². The maximum atomic E-state index is 9.87. The van der Waals surface area contributed by atoms with Crippen molar-refractivity contribution >= 4 is 0 Å². The van der Waals surface area contributed by atoms with E-state index in [-0.39, 0.29) is 12.2 Å². The summed E-state index contributed by atoms with van der Waals surface area (Å²) >= 11 is 0. The van der Waals surface area contributed by atoms with Crippen LogP contribution in [0.1, 0.15) is 58.8 Å². The summed E-state index contributed by atoms with van der Waals surface area (Å²) in [5.41, 5.74) is 0. The van der Waals surface area contributed by atoms with Gasteiger partial charge in [-0.3, -0.25) is 0 Å². The van der Waals surface area contributed by atoms with Gasteiger partial charge >= 0.3 is 0 Å². The first kappa shape index (κ1) is 14.9. The third-order valence-electron chi connectivity index (χ3n) is 3.36. The molecule has 0 aromatic rings. The highest BCUT2D eigenvalue weighted by Crippen LogP contribution is 2.19. The van der Waals surface area contributed by atoms with Crippen LogP contribution in [0.2, 0.25) is 0 Å². The molecule has 3 unspecified atom stereocenters. The second-order valence-electron chi connectivity index (χ2n) is 5.12. The van der Waals surface area contributed by atoms with Crippen molar-refractivity contribution in [1.82, 2.24) is 0 Å². The zero-order chi connectivity index (χ0) is 12.5. The second kappa shape index (κ2) is 8.90. The van der Waals surface area contributed by atoms with Gasteiger partial charge in [0.1, 0.15) is 0 Å². The monoisotopic (exact) mass is 244 g/mol. The third kappa shape index (κ3) is 7.02. The lowest BCUT2D eigenvalue weighted by molar-refractivity contribution is 0.0405. The molecule has 0 saturated carbocycles. The molecule has 0 bridgehead atoms. The maximum absolute atomic E-state index is 9.87. The molecule has 1 rings (SSSR count). The Hall–Kier alpha value is -0.120. The zero-order valence-electron chi connectivity index (χ0n) is 11.4. The Kier molecular flexibility index (Phi) is 7.82. The van der Waals surface area contributed by atoms with Crippen molar-refractivity contribution in [2.75, 3.05) is 13.2 Å². The predicted molar refractivity (Wildman–Crippen MR) is 69.2 cm³/mol. The Morgan fingerprint density at radius 3 is 2.82 bits per heavy atom. The van der Waals surface area contributed by atoms with E-state index in [9.17, 15) is 5.11 Å². The van der Waals surface area contributed by atoms with Crippen molar-refractivity contribution in [2.45, 2.75) is 77.1 Å². The minimum atomic E-state index is -0.188. The van der Waals surface area contributed by atoms with Crippen LogP contribution in [-0.4, -0.2) is 36.6 Å². The number of hydrogen-bond donors (Lipinski definition) is 1. The van der Waals surface area contributed by atoms with Crippen molar-refractivity contribution in [3.8, 4) is 0 Å². The summed E-state index contributed by atoms with van der Waals surface area (Å²) in [6.07, 6.45) is 7.57. The molecule has 1 aliphatic heterocycles. The van der Waals surface area contributed by atoms with Crippen molar-refractivity contribution in [2.24, 2.45) is 0 Å². The first-order chi connectivity index (χ1) is 8.22. The number of ether oxygens (including phenoxy) is 2. The van der Waals surface area contributed by atoms with Gasteiger partial charge in [-0.25, -0.2) is 0 Å². The zero-order valence-corrected chi connectivity index (χ0v) is 11.4. The quantitative estimate of drug-likeness (QED) is 0.678. The van der Waals surface area contributed by atoms with E-state index in [0.717, 1.165) is 45.3 Å². The second-order valence-corrected chi connectivity index (χ2v) is 5.12. The summed E-state index contributed by atoms with van der Waals surface area (Å²) < 4.78 is 11.1. The van der Waals surface area contributed by atoms with E-state index < -0.39 is 0 Å². The molecule has 0 amide bonds. The molecule has 1 aliphatic rings. The Balaban J connectivity index is 1.97.